The first kappa shape index (κ1) is 20.2. The normalized spacial score (nSPS) is 24.0. The van der Waals surface area contributed by atoms with E-state index in [1.165, 1.54) is 24.0 Å². The van der Waals surface area contributed by atoms with Gasteiger partial charge in [-0.05, 0) is 79.5 Å². The second-order valence-corrected chi connectivity index (χ2v) is 10.0. The van der Waals surface area contributed by atoms with E-state index in [1.807, 2.05) is 17.5 Å². The summed E-state index contributed by atoms with van der Waals surface area (Å²) in [5.41, 5.74) is 2.92. The fraction of sp³-hybridized carbons (Fsp3) is 0.458. The highest BCUT2D eigenvalue weighted by molar-refractivity contribution is 7.10. The van der Waals surface area contributed by atoms with E-state index in [2.05, 4.69) is 28.8 Å². The first-order valence-corrected chi connectivity index (χ1v) is 11.9. The minimum atomic E-state index is -0.872. The number of rotatable bonds is 6. The molecule has 2 fully saturated rings. The third kappa shape index (κ3) is 3.76. The van der Waals surface area contributed by atoms with Crippen molar-refractivity contribution in [3.63, 3.8) is 0 Å². The van der Waals surface area contributed by atoms with E-state index in [1.54, 1.807) is 18.3 Å². The summed E-state index contributed by atoms with van der Waals surface area (Å²) in [6.07, 6.45) is 6.46. The number of hydrogen-bond acceptors (Lipinski definition) is 4. The minimum Gasteiger partial charge on any atom is -0.343 e. The van der Waals surface area contributed by atoms with E-state index in [9.17, 15) is 14.4 Å². The monoisotopic (exact) mass is 437 g/mol. The molecule has 31 heavy (non-hydrogen) atoms. The maximum atomic E-state index is 13.0. The van der Waals surface area contributed by atoms with Crippen LogP contribution in [0.3, 0.4) is 0 Å². The van der Waals surface area contributed by atoms with Gasteiger partial charge in [0.15, 0.2) is 0 Å². The molecule has 1 saturated heterocycles. The second kappa shape index (κ2) is 7.79. The van der Waals surface area contributed by atoms with E-state index in [0.29, 0.717) is 0 Å². The Bertz CT molecular complexity index is 1030. The molecule has 0 unspecified atom stereocenters. The molecule has 0 bridgehead atoms. The number of hydrogen-bond donors (Lipinski definition) is 2. The van der Waals surface area contributed by atoms with Crippen LogP contribution in [0.15, 0.2) is 35.7 Å². The summed E-state index contributed by atoms with van der Waals surface area (Å²) in [6, 6.07) is 9.67. The minimum absolute atomic E-state index is 0.173. The Morgan fingerprint density at radius 3 is 2.71 bits per heavy atom. The molecule has 1 saturated carbocycles. The molecule has 4 amide bonds. The summed E-state index contributed by atoms with van der Waals surface area (Å²) in [5, 5.41) is 7.88. The fourth-order valence-electron chi connectivity index (χ4n) is 4.85. The number of amides is 4. The highest BCUT2D eigenvalue weighted by Gasteiger charge is 2.56. The average molecular weight is 438 g/mol. The van der Waals surface area contributed by atoms with Crippen LogP contribution in [-0.4, -0.2) is 34.8 Å². The van der Waals surface area contributed by atoms with Crippen molar-refractivity contribution in [2.24, 2.45) is 5.92 Å². The van der Waals surface area contributed by atoms with Crippen molar-refractivity contribution < 1.29 is 14.4 Å². The van der Waals surface area contributed by atoms with Crippen LogP contribution in [0.5, 0.6) is 0 Å². The van der Waals surface area contributed by atoms with E-state index in [0.717, 1.165) is 41.0 Å². The number of nitrogens with zero attached hydrogens (tertiary/aromatic N) is 1. The Morgan fingerprint density at radius 1 is 1.23 bits per heavy atom. The van der Waals surface area contributed by atoms with Gasteiger partial charge in [-0.2, -0.15) is 0 Å². The van der Waals surface area contributed by atoms with Crippen LogP contribution in [-0.2, 0) is 22.4 Å². The Morgan fingerprint density at radius 2 is 2.00 bits per heavy atom. The van der Waals surface area contributed by atoms with Crippen molar-refractivity contribution in [3.05, 3.63) is 57.3 Å². The number of imide groups is 1. The number of urea groups is 1. The van der Waals surface area contributed by atoms with Crippen LogP contribution < -0.4 is 10.6 Å². The van der Waals surface area contributed by atoms with E-state index in [4.69, 9.17) is 0 Å². The Balaban J connectivity index is 1.35. The Labute approximate surface area is 186 Å². The first-order valence-electron chi connectivity index (χ1n) is 11.0. The van der Waals surface area contributed by atoms with Gasteiger partial charge in [-0.15, -0.1) is 11.3 Å². The molecule has 0 spiro atoms. The van der Waals surface area contributed by atoms with Crippen molar-refractivity contribution >= 4 is 29.2 Å². The van der Waals surface area contributed by atoms with Gasteiger partial charge in [0, 0.05) is 4.88 Å². The predicted octanol–water partition coefficient (Wildman–Crippen LogP) is 3.55. The van der Waals surface area contributed by atoms with Crippen LogP contribution in [0.1, 0.15) is 60.2 Å². The molecule has 2 aliphatic carbocycles. The molecule has 7 heteroatoms. The number of fused-ring (bicyclic) bond motifs is 1. The molecular weight excluding hydrogens is 410 g/mol. The predicted molar refractivity (Wildman–Crippen MR) is 119 cm³/mol. The molecule has 162 valence electrons. The molecule has 1 aromatic carbocycles. The van der Waals surface area contributed by atoms with Crippen LogP contribution in [0.4, 0.5) is 4.79 Å². The summed E-state index contributed by atoms with van der Waals surface area (Å²) < 4.78 is 0. The third-order valence-corrected chi connectivity index (χ3v) is 7.77. The molecule has 2 atom stereocenters. The Hall–Kier alpha value is -2.67. The third-order valence-electron chi connectivity index (χ3n) is 6.84. The summed E-state index contributed by atoms with van der Waals surface area (Å²) in [6.45, 7) is 1.50. The lowest BCUT2D eigenvalue weighted by Gasteiger charge is -2.23. The number of carbonyl (C=O) groups excluding carboxylic acids is 3. The van der Waals surface area contributed by atoms with Crippen LogP contribution in [0.2, 0.25) is 0 Å². The fourth-order valence-corrected chi connectivity index (χ4v) is 5.66. The van der Waals surface area contributed by atoms with Gasteiger partial charge in [0.25, 0.3) is 5.91 Å². The summed E-state index contributed by atoms with van der Waals surface area (Å²) in [4.78, 5) is 40.4. The molecule has 0 radical (unpaired) electrons. The van der Waals surface area contributed by atoms with Crippen LogP contribution in [0.25, 0.3) is 0 Å². The summed E-state index contributed by atoms with van der Waals surface area (Å²) in [7, 11) is 0. The average Bonchev–Trinajstić information content (AvgIpc) is 3.45. The smallest absolute Gasteiger partial charge is 0.325 e. The van der Waals surface area contributed by atoms with Gasteiger partial charge in [0.05, 0.1) is 6.04 Å². The van der Waals surface area contributed by atoms with Crippen molar-refractivity contribution in [2.45, 2.75) is 57.0 Å². The first-order chi connectivity index (χ1) is 15.0. The zero-order valence-corrected chi connectivity index (χ0v) is 18.5. The molecule has 3 aliphatic rings. The topological polar surface area (TPSA) is 78.5 Å². The maximum Gasteiger partial charge on any atom is 0.325 e. The molecule has 2 heterocycles. The lowest BCUT2D eigenvalue weighted by Crippen LogP contribution is -2.47. The van der Waals surface area contributed by atoms with Crippen LogP contribution >= 0.6 is 11.3 Å². The van der Waals surface area contributed by atoms with Crippen molar-refractivity contribution in [3.8, 4) is 0 Å². The van der Waals surface area contributed by atoms with Gasteiger partial charge in [-0.25, -0.2) is 4.79 Å². The quantitative estimate of drug-likeness (QED) is 0.679. The number of carbonyl (C=O) groups is 3. The van der Waals surface area contributed by atoms with Crippen molar-refractivity contribution in [2.75, 3.05) is 6.54 Å². The lowest BCUT2D eigenvalue weighted by molar-refractivity contribution is -0.135. The van der Waals surface area contributed by atoms with Gasteiger partial charge < -0.3 is 10.6 Å². The van der Waals surface area contributed by atoms with Crippen molar-refractivity contribution in [1.82, 2.24) is 15.5 Å². The molecule has 2 aromatic rings. The highest BCUT2D eigenvalue weighted by atomic mass is 32.1. The number of benzene rings is 1. The summed E-state index contributed by atoms with van der Waals surface area (Å²) in [5.74, 6) is -0.456. The largest absolute Gasteiger partial charge is 0.343 e. The molecule has 1 aromatic heterocycles. The van der Waals surface area contributed by atoms with Crippen molar-refractivity contribution in [1.29, 1.82) is 0 Å². The molecule has 1 aliphatic heterocycles. The van der Waals surface area contributed by atoms with Gasteiger partial charge in [0.1, 0.15) is 12.1 Å². The molecule has 2 N–H and O–H groups in total. The second-order valence-electron chi connectivity index (χ2n) is 9.05. The summed E-state index contributed by atoms with van der Waals surface area (Å²) >= 11 is 1.59. The zero-order chi connectivity index (χ0) is 21.6. The molecule has 6 nitrogen and oxygen atoms in total. The zero-order valence-electron chi connectivity index (χ0n) is 17.6. The van der Waals surface area contributed by atoms with Gasteiger partial charge in [-0.3, -0.25) is 14.5 Å². The molecular formula is C24H27N3O3S. The van der Waals surface area contributed by atoms with Gasteiger partial charge in [-0.1, -0.05) is 24.3 Å². The SMILES string of the molecule is C[C@]1(C2CC2)NC(=O)N(CC(=O)N[C@H](c2ccc3c(c2)CCCC3)c2cccs2)C1=O. The van der Waals surface area contributed by atoms with E-state index >= 15 is 0 Å². The number of thiophene rings is 1. The standard InChI is InChI=1S/C24H27N3O3S/c1-24(18-10-11-18)22(29)27(23(30)26-24)14-20(28)25-21(19-7-4-12-31-19)17-9-8-15-5-2-3-6-16(15)13-17/h4,7-9,12-13,18,21H,2-3,5-6,10-11,14H2,1H3,(H,25,28)(H,26,30)/t21-,24-/m1/s1. The number of nitrogens with one attached hydrogen (secondary N) is 2. The van der Waals surface area contributed by atoms with Gasteiger partial charge >= 0.3 is 6.03 Å². The number of aryl methyl sites for hydroxylation is 2. The maximum absolute atomic E-state index is 13.0. The van der Waals surface area contributed by atoms with Crippen LogP contribution in [0, 0.1) is 5.92 Å². The Kier molecular flexibility index (Phi) is 5.08. The highest BCUT2D eigenvalue weighted by Crippen LogP contribution is 2.42. The van der Waals surface area contributed by atoms with E-state index in [-0.39, 0.29) is 30.3 Å². The lowest BCUT2D eigenvalue weighted by atomic mass is 9.89. The molecule has 5 rings (SSSR count). The van der Waals surface area contributed by atoms with Gasteiger partial charge in [0.2, 0.25) is 5.91 Å². The van der Waals surface area contributed by atoms with E-state index < -0.39 is 11.6 Å².